The first-order valence-corrected chi connectivity index (χ1v) is 15.6. The first kappa shape index (κ1) is 30.7. The lowest BCUT2D eigenvalue weighted by Gasteiger charge is -2.44. The van der Waals surface area contributed by atoms with Crippen LogP contribution in [0.25, 0.3) is 11.8 Å². The van der Waals surface area contributed by atoms with E-state index in [4.69, 9.17) is 14.3 Å². The fourth-order valence-corrected chi connectivity index (χ4v) is 5.71. The topological polar surface area (TPSA) is 70.3 Å². The largest absolute Gasteiger partial charge is 0.495 e. The Kier molecular flexibility index (Phi) is 7.88. The first-order valence-electron chi connectivity index (χ1n) is 13.7. The van der Waals surface area contributed by atoms with E-state index >= 15 is 0 Å². The van der Waals surface area contributed by atoms with Crippen molar-refractivity contribution in [3.05, 3.63) is 77.9 Å². The first-order chi connectivity index (χ1) is 20.2. The Labute approximate surface area is 246 Å². The van der Waals surface area contributed by atoms with Crippen LogP contribution in [0.5, 0.6) is 11.5 Å². The lowest BCUT2D eigenvalue weighted by atomic mass is 9.92. The summed E-state index contributed by atoms with van der Waals surface area (Å²) in [5, 5.41) is 4.57. The highest BCUT2D eigenvalue weighted by molar-refractivity contribution is 8.42. The predicted molar refractivity (Wildman–Crippen MR) is 155 cm³/mol. The summed E-state index contributed by atoms with van der Waals surface area (Å²) in [6.07, 6.45) is 10.2. The number of piperidine rings is 1. The van der Waals surface area contributed by atoms with E-state index in [-0.39, 0.29) is 5.60 Å². The second kappa shape index (κ2) is 11.1. The summed E-state index contributed by atoms with van der Waals surface area (Å²) in [4.78, 5) is 12.7. The molecule has 43 heavy (non-hydrogen) atoms. The predicted octanol–water partition coefficient (Wildman–Crippen LogP) is 7.84. The van der Waals surface area contributed by atoms with Gasteiger partial charge in [0.2, 0.25) is 0 Å². The number of benzene rings is 2. The SMILES string of the molecule is COc1cc(/C=C2\CCCN3CC4(CCCOC4)ON=C23)ccc1-n1cnc(C)c1.FS(F)(F)(F)(F)Oc1ccccc1. The van der Waals surface area contributed by atoms with Crippen molar-refractivity contribution < 1.29 is 37.9 Å². The van der Waals surface area contributed by atoms with Crippen molar-refractivity contribution in [1.29, 1.82) is 0 Å². The van der Waals surface area contributed by atoms with Gasteiger partial charge in [0.25, 0.3) is 0 Å². The maximum absolute atomic E-state index is 11.7. The Morgan fingerprint density at radius 3 is 2.49 bits per heavy atom. The van der Waals surface area contributed by atoms with E-state index in [1.807, 2.05) is 24.0 Å². The van der Waals surface area contributed by atoms with Crippen molar-refractivity contribution in [3.63, 3.8) is 0 Å². The molecule has 4 heterocycles. The van der Waals surface area contributed by atoms with Gasteiger partial charge in [0.15, 0.2) is 11.4 Å². The smallest absolute Gasteiger partial charge is 0.435 e. The fraction of sp³-hybridized carbons (Fsp3) is 0.379. The van der Waals surface area contributed by atoms with Crippen molar-refractivity contribution in [3.8, 4) is 17.2 Å². The number of aromatic nitrogens is 2. The molecule has 6 rings (SSSR count). The molecule has 1 spiro atoms. The zero-order valence-electron chi connectivity index (χ0n) is 23.7. The van der Waals surface area contributed by atoms with Gasteiger partial charge in [-0.25, -0.2) is 4.98 Å². The van der Waals surface area contributed by atoms with Crippen molar-refractivity contribution in [2.45, 2.75) is 38.2 Å². The summed E-state index contributed by atoms with van der Waals surface area (Å²) in [5.41, 5.74) is 3.97. The number of ether oxygens (including phenoxy) is 2. The highest BCUT2D eigenvalue weighted by Crippen LogP contribution is 2.97. The van der Waals surface area contributed by atoms with Crippen LogP contribution in [0, 0.1) is 6.92 Å². The van der Waals surface area contributed by atoms with E-state index in [9.17, 15) is 19.4 Å². The fourth-order valence-electron chi connectivity index (χ4n) is 5.24. The van der Waals surface area contributed by atoms with Crippen LogP contribution in [-0.4, -0.2) is 59.3 Å². The number of methoxy groups -OCH3 is 1. The number of para-hydroxylation sites is 1. The third-order valence-electron chi connectivity index (χ3n) is 7.08. The number of rotatable bonds is 5. The van der Waals surface area contributed by atoms with Gasteiger partial charge in [-0.1, -0.05) is 48.8 Å². The van der Waals surface area contributed by atoms with Crippen LogP contribution in [0.1, 0.15) is 36.9 Å². The average Bonchev–Trinajstić information content (AvgIpc) is 3.38. The standard InChI is InChI=1S/C23H28N4O3.C6H5F5OS/c1-17-13-27(16-24-17)20-7-6-18(12-21(20)28-2)11-19-5-3-9-26-14-23(30-25-22(19)26)8-4-10-29-15-23;7-13(8,9,10,11)12-6-4-2-1-3-5-6/h6-7,11-13,16H,3-5,8-10,14-15H2,1-2H3;1-5H/b19-11+;. The maximum atomic E-state index is 11.7. The number of aryl methyl sites for hydroxylation is 1. The Morgan fingerprint density at radius 2 is 1.84 bits per heavy atom. The van der Waals surface area contributed by atoms with E-state index in [1.54, 1.807) is 7.11 Å². The van der Waals surface area contributed by atoms with Gasteiger partial charge in [0.1, 0.15) is 11.5 Å². The van der Waals surface area contributed by atoms with Gasteiger partial charge in [0, 0.05) is 19.3 Å². The van der Waals surface area contributed by atoms with Crippen molar-refractivity contribution in [2.75, 3.05) is 33.4 Å². The minimum Gasteiger partial charge on any atom is -0.495 e. The quantitative estimate of drug-likeness (QED) is 0.268. The molecule has 8 nitrogen and oxygen atoms in total. The van der Waals surface area contributed by atoms with Crippen molar-refractivity contribution in [2.24, 2.45) is 5.16 Å². The number of fused-ring (bicyclic) bond motifs is 1. The van der Waals surface area contributed by atoms with Crippen molar-refractivity contribution >= 4 is 22.4 Å². The molecule has 3 aromatic rings. The van der Waals surface area contributed by atoms with Crippen LogP contribution in [-0.2, 0) is 9.57 Å². The maximum Gasteiger partial charge on any atom is 0.435 e. The highest BCUT2D eigenvalue weighted by atomic mass is 32.5. The van der Waals surface area contributed by atoms with Gasteiger partial charge in [-0.3, -0.25) is 0 Å². The van der Waals surface area contributed by atoms with Crippen molar-refractivity contribution in [1.82, 2.24) is 14.5 Å². The zero-order valence-corrected chi connectivity index (χ0v) is 24.5. The van der Waals surface area contributed by atoms with Gasteiger partial charge in [0.05, 0.1) is 38.0 Å². The van der Waals surface area contributed by atoms with Crippen LogP contribution in [0.2, 0.25) is 0 Å². The molecule has 1 atom stereocenters. The zero-order chi connectivity index (χ0) is 30.8. The summed E-state index contributed by atoms with van der Waals surface area (Å²) >= 11 is 0. The lowest BCUT2D eigenvalue weighted by molar-refractivity contribution is -0.146. The molecule has 234 valence electrons. The van der Waals surface area contributed by atoms with Crippen LogP contribution >= 0.6 is 10.5 Å². The van der Waals surface area contributed by atoms with Gasteiger partial charge in [-0.15, -0.1) is 0 Å². The Hall–Kier alpha value is -3.78. The number of hydrogen-bond donors (Lipinski definition) is 0. The van der Waals surface area contributed by atoms with E-state index in [0.29, 0.717) is 6.61 Å². The average molecular weight is 629 g/mol. The monoisotopic (exact) mass is 628 g/mol. The molecule has 1 aromatic heterocycles. The molecule has 14 heteroatoms. The molecule has 2 fully saturated rings. The summed E-state index contributed by atoms with van der Waals surface area (Å²) in [5.74, 6) is 0.863. The van der Waals surface area contributed by atoms with E-state index in [2.05, 4.69) is 43.5 Å². The van der Waals surface area contributed by atoms with Gasteiger partial charge >= 0.3 is 10.5 Å². The number of oxime groups is 1. The van der Waals surface area contributed by atoms with Gasteiger partial charge in [-0.05, 0) is 74.1 Å². The van der Waals surface area contributed by atoms with Crippen LogP contribution in [0.4, 0.5) is 19.4 Å². The van der Waals surface area contributed by atoms with Crippen LogP contribution in [0.3, 0.4) is 0 Å². The molecule has 3 aliphatic rings. The Morgan fingerprint density at radius 1 is 1.05 bits per heavy atom. The molecule has 1 unspecified atom stereocenters. The second-order valence-electron chi connectivity index (χ2n) is 10.7. The molecule has 2 saturated heterocycles. The number of nitrogens with zero attached hydrogens (tertiary/aromatic N) is 4. The molecule has 3 aliphatic heterocycles. The van der Waals surface area contributed by atoms with Crippen LogP contribution < -0.4 is 8.92 Å². The second-order valence-corrected chi connectivity index (χ2v) is 12.7. The molecular formula is C29H33F5N4O4S. The third-order valence-corrected chi connectivity index (χ3v) is 7.59. The summed E-state index contributed by atoms with van der Waals surface area (Å²) in [6, 6.07) is 11.6. The molecule has 0 amide bonds. The normalized spacial score (nSPS) is 22.7. The molecule has 0 aliphatic carbocycles. The minimum atomic E-state index is -9.79. The van der Waals surface area contributed by atoms with E-state index in [1.165, 1.54) is 23.8 Å². The number of hydrogen-bond acceptors (Lipinski definition) is 7. The number of imidazole rings is 1. The summed E-state index contributed by atoms with van der Waals surface area (Å²) in [7, 11) is -8.09. The third kappa shape index (κ3) is 8.20. The number of amidine groups is 1. The molecule has 0 bridgehead atoms. The summed E-state index contributed by atoms with van der Waals surface area (Å²) < 4.78 is 74.5. The lowest BCUT2D eigenvalue weighted by Crippen LogP contribution is -2.56. The van der Waals surface area contributed by atoms with Gasteiger partial charge in [-0.2, -0.15) is 0 Å². The van der Waals surface area contributed by atoms with Crippen LogP contribution in [0.15, 0.2) is 71.8 Å². The minimum absolute atomic E-state index is 0.280. The van der Waals surface area contributed by atoms with E-state index in [0.717, 1.165) is 86.0 Å². The highest BCUT2D eigenvalue weighted by Gasteiger charge is 2.67. The molecule has 0 radical (unpaired) electrons. The molecule has 0 N–H and O–H groups in total. The van der Waals surface area contributed by atoms with E-state index < -0.39 is 16.3 Å². The number of halogens is 5. The Balaban J connectivity index is 0.000000239. The van der Waals surface area contributed by atoms with Gasteiger partial charge < -0.3 is 28.0 Å². The molecular weight excluding hydrogens is 595 g/mol. The molecule has 2 aromatic carbocycles. The Bertz CT molecular complexity index is 1510. The summed E-state index contributed by atoms with van der Waals surface area (Å²) in [6.45, 7) is 5.30. The molecule has 0 saturated carbocycles.